The Labute approximate surface area is 224 Å². The standard InChI is InChI=1S/C24H20F6N4O7/c1-33-18-20(34(11-13(36)8-9-35)22(38)32-21(18)37)31-19(33)12-2-7-16(17(10-12)41-24(28,29)30)39-14-3-5-15(6-4-14)40-23(25,26)27/h2-7,10,13,35-36H,8-9,11H2,1H3,(H,32,37,38). The summed E-state index contributed by atoms with van der Waals surface area (Å²) in [5.74, 6) is -2.09. The number of fused-ring (bicyclic) bond motifs is 1. The van der Waals surface area contributed by atoms with Gasteiger partial charge in [0, 0.05) is 19.2 Å². The van der Waals surface area contributed by atoms with Crippen molar-refractivity contribution < 1.29 is 50.8 Å². The molecule has 3 N–H and O–H groups in total. The molecule has 220 valence electrons. The van der Waals surface area contributed by atoms with E-state index in [9.17, 15) is 41.0 Å². The molecule has 0 saturated heterocycles. The maximum atomic E-state index is 13.2. The summed E-state index contributed by atoms with van der Waals surface area (Å²) in [5.41, 5.74) is -2.05. The number of rotatable bonds is 9. The van der Waals surface area contributed by atoms with Crippen molar-refractivity contribution in [3.8, 4) is 34.4 Å². The molecule has 17 heteroatoms. The molecule has 1 unspecified atom stereocenters. The summed E-state index contributed by atoms with van der Waals surface area (Å²) in [6.45, 7) is -0.719. The van der Waals surface area contributed by atoms with Gasteiger partial charge in [-0.25, -0.2) is 9.78 Å². The number of hydrogen-bond acceptors (Lipinski definition) is 8. The van der Waals surface area contributed by atoms with Gasteiger partial charge in [0.1, 0.15) is 17.3 Å². The van der Waals surface area contributed by atoms with Crippen molar-refractivity contribution in [3.05, 3.63) is 63.3 Å². The van der Waals surface area contributed by atoms with Crippen molar-refractivity contribution >= 4 is 11.2 Å². The molecule has 2 aromatic heterocycles. The van der Waals surface area contributed by atoms with Crippen LogP contribution in [-0.4, -0.2) is 54.8 Å². The summed E-state index contributed by atoms with van der Waals surface area (Å²) in [5, 5.41) is 19.1. The fourth-order valence-electron chi connectivity index (χ4n) is 3.90. The monoisotopic (exact) mass is 590 g/mol. The van der Waals surface area contributed by atoms with Crippen molar-refractivity contribution in [1.82, 2.24) is 19.1 Å². The molecule has 2 heterocycles. The highest BCUT2D eigenvalue weighted by atomic mass is 19.4. The summed E-state index contributed by atoms with van der Waals surface area (Å²) >= 11 is 0. The van der Waals surface area contributed by atoms with Gasteiger partial charge < -0.3 is 29.0 Å². The van der Waals surface area contributed by atoms with E-state index in [1.165, 1.54) is 17.7 Å². The zero-order valence-electron chi connectivity index (χ0n) is 20.8. The third-order valence-corrected chi connectivity index (χ3v) is 5.58. The summed E-state index contributed by atoms with van der Waals surface area (Å²) < 4.78 is 92.3. The molecule has 0 radical (unpaired) electrons. The Morgan fingerprint density at radius 3 is 2.20 bits per heavy atom. The minimum atomic E-state index is -5.17. The highest BCUT2D eigenvalue weighted by molar-refractivity contribution is 5.77. The van der Waals surface area contributed by atoms with E-state index in [1.807, 2.05) is 0 Å². The molecule has 4 aromatic rings. The lowest BCUT2D eigenvalue weighted by Gasteiger charge is -2.15. The average molecular weight is 590 g/mol. The molecule has 11 nitrogen and oxygen atoms in total. The highest BCUT2D eigenvalue weighted by Crippen LogP contribution is 2.39. The Hall–Kier alpha value is -4.51. The molecule has 0 fully saturated rings. The van der Waals surface area contributed by atoms with Crippen LogP contribution in [0, 0.1) is 0 Å². The molecule has 0 aliphatic rings. The first-order valence-electron chi connectivity index (χ1n) is 11.6. The number of aliphatic hydroxyl groups is 2. The molecule has 1 atom stereocenters. The number of halogens is 6. The largest absolute Gasteiger partial charge is 0.573 e. The number of imidazole rings is 1. The Bertz CT molecular complexity index is 1660. The number of aliphatic hydroxyl groups excluding tert-OH is 2. The van der Waals surface area contributed by atoms with Crippen LogP contribution in [0.1, 0.15) is 6.42 Å². The number of nitrogens with one attached hydrogen (secondary N) is 1. The fourth-order valence-corrected chi connectivity index (χ4v) is 3.90. The molecule has 0 bridgehead atoms. The van der Waals surface area contributed by atoms with Crippen LogP contribution in [0.4, 0.5) is 26.3 Å². The Morgan fingerprint density at radius 1 is 0.951 bits per heavy atom. The van der Waals surface area contributed by atoms with Crippen LogP contribution in [0.2, 0.25) is 0 Å². The SMILES string of the molecule is Cn1c(-c2ccc(Oc3ccc(OC(F)(F)F)cc3)c(OC(F)(F)F)c2)nc2c1c(=O)[nH]c(=O)n2CC(O)CCO. The molecule has 0 amide bonds. The predicted molar refractivity (Wildman–Crippen MR) is 129 cm³/mol. The Balaban J connectivity index is 1.75. The second-order valence-corrected chi connectivity index (χ2v) is 8.53. The molecule has 4 rings (SSSR count). The van der Waals surface area contributed by atoms with Gasteiger partial charge in [-0.15, -0.1) is 26.3 Å². The molecule has 0 aliphatic heterocycles. The van der Waals surface area contributed by atoms with Gasteiger partial charge in [-0.2, -0.15) is 0 Å². The van der Waals surface area contributed by atoms with Crippen molar-refractivity contribution in [2.24, 2.45) is 7.05 Å². The molecule has 41 heavy (non-hydrogen) atoms. The zero-order valence-corrected chi connectivity index (χ0v) is 20.8. The fraction of sp³-hybridized carbons (Fsp3) is 0.292. The minimum absolute atomic E-state index is 0.00136. The van der Waals surface area contributed by atoms with Gasteiger partial charge in [-0.1, -0.05) is 0 Å². The molecule has 0 saturated carbocycles. The van der Waals surface area contributed by atoms with Crippen LogP contribution in [0.15, 0.2) is 52.1 Å². The molecule has 2 aromatic carbocycles. The Morgan fingerprint density at radius 2 is 1.59 bits per heavy atom. The lowest BCUT2D eigenvalue weighted by molar-refractivity contribution is -0.275. The molecule has 0 aliphatic carbocycles. The lowest BCUT2D eigenvalue weighted by atomic mass is 10.2. The van der Waals surface area contributed by atoms with Crippen molar-refractivity contribution in [3.63, 3.8) is 0 Å². The number of benzene rings is 2. The number of ether oxygens (including phenoxy) is 3. The first-order chi connectivity index (χ1) is 19.1. The third-order valence-electron chi connectivity index (χ3n) is 5.58. The van der Waals surface area contributed by atoms with Gasteiger partial charge in [-0.3, -0.25) is 14.3 Å². The number of hydrogen-bond donors (Lipinski definition) is 3. The highest BCUT2D eigenvalue weighted by Gasteiger charge is 2.33. The molecular formula is C24H20F6N4O7. The van der Waals surface area contributed by atoms with Crippen LogP contribution >= 0.6 is 0 Å². The van der Waals surface area contributed by atoms with E-state index in [-0.39, 0.29) is 47.9 Å². The van der Waals surface area contributed by atoms with Crippen LogP contribution in [0.5, 0.6) is 23.0 Å². The summed E-state index contributed by atoms with van der Waals surface area (Å²) in [6, 6.07) is 7.13. The van der Waals surface area contributed by atoms with Crippen LogP contribution in [-0.2, 0) is 13.6 Å². The number of alkyl halides is 6. The van der Waals surface area contributed by atoms with E-state index in [0.717, 1.165) is 41.0 Å². The van der Waals surface area contributed by atoms with Crippen molar-refractivity contribution in [2.75, 3.05) is 6.61 Å². The smallest absolute Gasteiger partial charge is 0.453 e. The second kappa shape index (κ2) is 11.2. The second-order valence-electron chi connectivity index (χ2n) is 8.53. The zero-order chi connectivity index (χ0) is 30.1. The van der Waals surface area contributed by atoms with Gasteiger partial charge in [0.05, 0.1) is 12.6 Å². The summed E-state index contributed by atoms with van der Waals surface area (Å²) in [6.07, 6.45) is -11.4. The van der Waals surface area contributed by atoms with Crippen molar-refractivity contribution in [2.45, 2.75) is 31.8 Å². The van der Waals surface area contributed by atoms with Crippen molar-refractivity contribution in [1.29, 1.82) is 0 Å². The van der Waals surface area contributed by atoms with E-state index >= 15 is 0 Å². The van der Waals surface area contributed by atoms with Gasteiger partial charge >= 0.3 is 18.4 Å². The summed E-state index contributed by atoms with van der Waals surface area (Å²) in [7, 11) is 1.37. The minimum Gasteiger partial charge on any atom is -0.453 e. The molecular weight excluding hydrogens is 570 g/mol. The van der Waals surface area contributed by atoms with E-state index in [0.29, 0.717) is 0 Å². The van der Waals surface area contributed by atoms with E-state index in [2.05, 4.69) is 19.4 Å². The van der Waals surface area contributed by atoms with E-state index < -0.39 is 47.3 Å². The van der Waals surface area contributed by atoms with Crippen LogP contribution in [0.25, 0.3) is 22.6 Å². The number of aryl methyl sites for hydroxylation is 1. The number of aromatic amines is 1. The first-order valence-corrected chi connectivity index (χ1v) is 11.6. The third kappa shape index (κ3) is 6.98. The van der Waals surface area contributed by atoms with Crippen LogP contribution < -0.4 is 25.5 Å². The van der Waals surface area contributed by atoms with E-state index in [1.54, 1.807) is 0 Å². The molecule has 0 spiro atoms. The maximum absolute atomic E-state index is 13.2. The Kier molecular flexibility index (Phi) is 8.03. The van der Waals surface area contributed by atoms with Gasteiger partial charge in [-0.05, 0) is 48.9 Å². The van der Waals surface area contributed by atoms with Gasteiger partial charge in [0.2, 0.25) is 0 Å². The first kappa shape index (κ1) is 29.5. The van der Waals surface area contributed by atoms with Gasteiger partial charge in [0.25, 0.3) is 5.56 Å². The van der Waals surface area contributed by atoms with Crippen LogP contribution in [0.3, 0.4) is 0 Å². The number of H-pyrrole nitrogens is 1. The summed E-state index contributed by atoms with van der Waals surface area (Å²) in [4.78, 5) is 31.3. The lowest BCUT2D eigenvalue weighted by Crippen LogP contribution is -2.34. The maximum Gasteiger partial charge on any atom is 0.573 e. The number of aromatic nitrogens is 4. The normalized spacial score (nSPS) is 12.9. The quantitative estimate of drug-likeness (QED) is 0.252. The van der Waals surface area contributed by atoms with E-state index in [4.69, 9.17) is 9.84 Å². The topological polar surface area (TPSA) is 141 Å². The average Bonchev–Trinajstić information content (AvgIpc) is 3.20. The van der Waals surface area contributed by atoms with Gasteiger partial charge in [0.15, 0.2) is 22.7 Å². The predicted octanol–water partition coefficient (Wildman–Crippen LogP) is 3.42. The number of nitrogens with zero attached hydrogens (tertiary/aromatic N) is 3.